The second kappa shape index (κ2) is 6.52. The van der Waals surface area contributed by atoms with Crippen LogP contribution >= 0.6 is 11.6 Å². The van der Waals surface area contributed by atoms with Crippen molar-refractivity contribution in [2.75, 3.05) is 7.05 Å². The fourth-order valence-electron chi connectivity index (χ4n) is 1.99. The van der Waals surface area contributed by atoms with Crippen molar-refractivity contribution in [1.82, 2.24) is 4.90 Å². The Bertz CT molecular complexity index is 487. The third kappa shape index (κ3) is 3.44. The van der Waals surface area contributed by atoms with Gasteiger partial charge < -0.3 is 4.90 Å². The number of nitro benzene ring substituents is 1. The first-order valence-electron chi connectivity index (χ1n) is 6.13. The van der Waals surface area contributed by atoms with Gasteiger partial charge in [0.25, 0.3) is 11.6 Å². The normalized spacial score (nSPS) is 10.6. The standard InChI is InChI=1S/C13H17ClN2O3/c1-4-10(5-2)15(3)13(17)9-6-7-12(16(18)19)11(14)8-9/h6-8,10H,4-5H2,1-3H3. The minimum atomic E-state index is -0.568. The van der Waals surface area contributed by atoms with E-state index in [2.05, 4.69) is 0 Å². The predicted octanol–water partition coefficient (Wildman–Crippen LogP) is 3.51. The number of nitrogens with zero attached hydrogens (tertiary/aromatic N) is 2. The van der Waals surface area contributed by atoms with Gasteiger partial charge in [-0.15, -0.1) is 0 Å². The molecule has 0 fully saturated rings. The Balaban J connectivity index is 3.01. The summed E-state index contributed by atoms with van der Waals surface area (Å²) in [5, 5.41) is 10.6. The summed E-state index contributed by atoms with van der Waals surface area (Å²) in [6, 6.07) is 4.20. The number of nitro groups is 1. The average Bonchev–Trinajstić information content (AvgIpc) is 2.38. The molecule has 19 heavy (non-hydrogen) atoms. The quantitative estimate of drug-likeness (QED) is 0.614. The molecule has 0 aliphatic heterocycles. The van der Waals surface area contributed by atoms with E-state index in [1.54, 1.807) is 11.9 Å². The van der Waals surface area contributed by atoms with Gasteiger partial charge in [0.2, 0.25) is 0 Å². The number of rotatable bonds is 5. The molecular weight excluding hydrogens is 268 g/mol. The van der Waals surface area contributed by atoms with Crippen LogP contribution in [0.5, 0.6) is 0 Å². The van der Waals surface area contributed by atoms with Crippen molar-refractivity contribution in [3.63, 3.8) is 0 Å². The van der Waals surface area contributed by atoms with Gasteiger partial charge in [-0.25, -0.2) is 0 Å². The van der Waals surface area contributed by atoms with Gasteiger partial charge in [0, 0.05) is 24.7 Å². The third-order valence-corrected chi connectivity index (χ3v) is 3.50. The molecule has 0 N–H and O–H groups in total. The molecule has 0 spiro atoms. The number of hydrogen-bond acceptors (Lipinski definition) is 3. The second-order valence-corrected chi connectivity index (χ2v) is 4.72. The summed E-state index contributed by atoms with van der Waals surface area (Å²) in [5.41, 5.74) is 0.174. The first-order chi connectivity index (χ1) is 8.92. The van der Waals surface area contributed by atoms with E-state index < -0.39 is 4.92 Å². The van der Waals surface area contributed by atoms with Gasteiger partial charge in [-0.3, -0.25) is 14.9 Å². The lowest BCUT2D eigenvalue weighted by atomic mass is 10.1. The Labute approximate surface area is 117 Å². The molecule has 5 nitrogen and oxygen atoms in total. The van der Waals surface area contributed by atoms with Gasteiger partial charge >= 0.3 is 0 Å². The zero-order chi connectivity index (χ0) is 14.6. The van der Waals surface area contributed by atoms with Crippen molar-refractivity contribution in [2.45, 2.75) is 32.7 Å². The molecule has 1 aromatic carbocycles. The highest BCUT2D eigenvalue weighted by molar-refractivity contribution is 6.33. The SMILES string of the molecule is CCC(CC)N(C)C(=O)c1ccc([N+](=O)[O-])c(Cl)c1. The van der Waals surface area contributed by atoms with Gasteiger partial charge in [0.1, 0.15) is 5.02 Å². The first kappa shape index (κ1) is 15.4. The van der Waals surface area contributed by atoms with Crippen LogP contribution in [0.25, 0.3) is 0 Å². The Morgan fingerprint density at radius 1 is 1.42 bits per heavy atom. The Hall–Kier alpha value is -1.62. The fraction of sp³-hybridized carbons (Fsp3) is 0.462. The van der Waals surface area contributed by atoms with E-state index >= 15 is 0 Å². The number of carbonyl (C=O) groups excluding carboxylic acids is 1. The van der Waals surface area contributed by atoms with Crippen molar-refractivity contribution in [1.29, 1.82) is 0 Å². The van der Waals surface area contributed by atoms with E-state index in [0.29, 0.717) is 5.56 Å². The van der Waals surface area contributed by atoms with E-state index in [9.17, 15) is 14.9 Å². The van der Waals surface area contributed by atoms with Crippen molar-refractivity contribution >= 4 is 23.2 Å². The van der Waals surface area contributed by atoms with E-state index in [1.807, 2.05) is 13.8 Å². The molecular formula is C13H17ClN2O3. The lowest BCUT2D eigenvalue weighted by Gasteiger charge is -2.26. The minimum absolute atomic E-state index is 0.0196. The van der Waals surface area contributed by atoms with E-state index in [1.165, 1.54) is 18.2 Å². The van der Waals surface area contributed by atoms with Crippen molar-refractivity contribution in [2.24, 2.45) is 0 Å². The molecule has 1 rings (SSSR count). The summed E-state index contributed by atoms with van der Waals surface area (Å²) < 4.78 is 0. The van der Waals surface area contributed by atoms with Crippen molar-refractivity contribution in [3.05, 3.63) is 38.9 Å². The van der Waals surface area contributed by atoms with Crippen LogP contribution in [0.15, 0.2) is 18.2 Å². The summed E-state index contributed by atoms with van der Waals surface area (Å²) in [4.78, 5) is 24.0. The van der Waals surface area contributed by atoms with Gasteiger partial charge in [0.05, 0.1) is 4.92 Å². The monoisotopic (exact) mass is 284 g/mol. The summed E-state index contributed by atoms with van der Waals surface area (Å²) >= 11 is 5.81. The predicted molar refractivity (Wildman–Crippen MR) is 74.6 cm³/mol. The summed E-state index contributed by atoms with van der Waals surface area (Å²) in [6.45, 7) is 4.03. The Morgan fingerprint density at radius 3 is 2.42 bits per heavy atom. The van der Waals surface area contributed by atoms with Crippen LogP contribution < -0.4 is 0 Å². The molecule has 104 valence electrons. The van der Waals surface area contributed by atoms with Gasteiger partial charge in [-0.2, -0.15) is 0 Å². The second-order valence-electron chi connectivity index (χ2n) is 4.31. The van der Waals surface area contributed by atoms with Crippen LogP contribution in [0.3, 0.4) is 0 Å². The molecule has 0 unspecified atom stereocenters. The van der Waals surface area contributed by atoms with Gasteiger partial charge in [-0.05, 0) is 25.0 Å². The van der Waals surface area contributed by atoms with Gasteiger partial charge in [-0.1, -0.05) is 25.4 Å². The molecule has 1 aromatic rings. The lowest BCUT2D eigenvalue weighted by Crippen LogP contribution is -2.36. The largest absolute Gasteiger partial charge is 0.339 e. The highest BCUT2D eigenvalue weighted by atomic mass is 35.5. The molecule has 0 heterocycles. The van der Waals surface area contributed by atoms with Crippen LogP contribution in [0.1, 0.15) is 37.0 Å². The topological polar surface area (TPSA) is 63.5 Å². The van der Waals surface area contributed by atoms with Crippen LogP contribution in [0.4, 0.5) is 5.69 Å². The molecule has 0 aliphatic rings. The molecule has 0 saturated heterocycles. The van der Waals surface area contributed by atoms with Crippen LogP contribution in [-0.4, -0.2) is 28.8 Å². The molecule has 6 heteroatoms. The minimum Gasteiger partial charge on any atom is -0.339 e. The van der Waals surface area contributed by atoms with Gasteiger partial charge in [0.15, 0.2) is 0 Å². The molecule has 0 aromatic heterocycles. The first-order valence-corrected chi connectivity index (χ1v) is 6.51. The third-order valence-electron chi connectivity index (χ3n) is 3.20. The van der Waals surface area contributed by atoms with E-state index in [-0.39, 0.29) is 22.7 Å². The van der Waals surface area contributed by atoms with Crippen LogP contribution in [0, 0.1) is 10.1 Å². The van der Waals surface area contributed by atoms with Crippen LogP contribution in [0.2, 0.25) is 5.02 Å². The maximum atomic E-state index is 12.2. The maximum Gasteiger partial charge on any atom is 0.287 e. The maximum absolute atomic E-state index is 12.2. The number of benzene rings is 1. The zero-order valence-electron chi connectivity index (χ0n) is 11.2. The van der Waals surface area contributed by atoms with E-state index in [4.69, 9.17) is 11.6 Å². The average molecular weight is 285 g/mol. The molecule has 1 amide bonds. The number of hydrogen-bond donors (Lipinski definition) is 0. The molecule has 0 radical (unpaired) electrons. The highest BCUT2D eigenvalue weighted by Gasteiger charge is 2.21. The zero-order valence-corrected chi connectivity index (χ0v) is 12.0. The fourth-order valence-corrected chi connectivity index (χ4v) is 2.24. The smallest absolute Gasteiger partial charge is 0.287 e. The molecule has 0 saturated carbocycles. The summed E-state index contributed by atoms with van der Waals surface area (Å²) in [7, 11) is 1.73. The number of carbonyl (C=O) groups is 1. The van der Waals surface area contributed by atoms with Crippen molar-refractivity contribution in [3.8, 4) is 0 Å². The lowest BCUT2D eigenvalue weighted by molar-refractivity contribution is -0.384. The Kier molecular flexibility index (Phi) is 5.30. The summed E-state index contributed by atoms with van der Waals surface area (Å²) in [6.07, 6.45) is 1.72. The number of halogens is 1. The summed E-state index contributed by atoms with van der Waals surface area (Å²) in [5.74, 6) is -0.175. The highest BCUT2D eigenvalue weighted by Crippen LogP contribution is 2.25. The number of amides is 1. The van der Waals surface area contributed by atoms with E-state index in [0.717, 1.165) is 12.8 Å². The molecule has 0 atom stereocenters. The molecule has 0 aliphatic carbocycles. The Morgan fingerprint density at radius 2 is 2.00 bits per heavy atom. The van der Waals surface area contributed by atoms with Crippen molar-refractivity contribution < 1.29 is 9.72 Å². The molecule has 0 bridgehead atoms. The van der Waals surface area contributed by atoms with Crippen LogP contribution in [-0.2, 0) is 0 Å².